The highest BCUT2D eigenvalue weighted by atomic mass is 19.1. The van der Waals surface area contributed by atoms with Crippen molar-refractivity contribution in [2.45, 2.75) is 6.54 Å². The fraction of sp³-hybridized carbons (Fsp3) is 0.0476. The first kappa shape index (κ1) is 18.5. The Hall–Kier alpha value is -3.91. The third kappa shape index (κ3) is 3.26. The molecule has 8 heteroatoms. The van der Waals surface area contributed by atoms with E-state index >= 15 is 0 Å². The van der Waals surface area contributed by atoms with Crippen molar-refractivity contribution < 1.29 is 9.18 Å². The molecule has 0 aliphatic carbocycles. The smallest absolute Gasteiger partial charge is 0.323 e. The molecule has 7 N–H and O–H groups in total. The van der Waals surface area contributed by atoms with Crippen LogP contribution < -0.4 is 22.1 Å². The number of rotatable bonds is 4. The third-order valence-electron chi connectivity index (χ3n) is 4.76. The number of fused-ring (bicyclic) bond motifs is 1. The SMILES string of the molecule is NCc1ccc(F)c(N(C(N)=O)c2ccc(-c3cccc4[nH]nc(N)c34)cc2)c1. The number of H-pyrrole nitrogens is 1. The second-order valence-electron chi connectivity index (χ2n) is 6.55. The molecule has 0 saturated carbocycles. The predicted octanol–water partition coefficient (Wildman–Crippen LogP) is 3.63. The van der Waals surface area contributed by atoms with E-state index in [0.29, 0.717) is 17.1 Å². The van der Waals surface area contributed by atoms with Crippen molar-refractivity contribution in [2.24, 2.45) is 11.5 Å². The summed E-state index contributed by atoms with van der Waals surface area (Å²) < 4.78 is 14.4. The summed E-state index contributed by atoms with van der Waals surface area (Å²) in [7, 11) is 0. The molecule has 1 aromatic heterocycles. The molecular weight excluding hydrogens is 371 g/mol. The average Bonchev–Trinajstić information content (AvgIpc) is 3.11. The van der Waals surface area contributed by atoms with Gasteiger partial charge in [0.1, 0.15) is 5.82 Å². The lowest BCUT2D eigenvalue weighted by molar-refractivity contribution is 0.256. The second kappa shape index (κ2) is 7.25. The molecule has 4 rings (SSSR count). The first-order valence-corrected chi connectivity index (χ1v) is 8.90. The minimum atomic E-state index is -0.799. The van der Waals surface area contributed by atoms with Crippen molar-refractivity contribution in [2.75, 3.05) is 10.6 Å². The number of nitrogens with zero attached hydrogens (tertiary/aromatic N) is 2. The lowest BCUT2D eigenvalue weighted by Crippen LogP contribution is -2.32. The monoisotopic (exact) mass is 390 g/mol. The number of aromatic amines is 1. The Bertz CT molecular complexity index is 1200. The van der Waals surface area contributed by atoms with Gasteiger partial charge >= 0.3 is 6.03 Å². The van der Waals surface area contributed by atoms with Gasteiger partial charge in [-0.25, -0.2) is 9.18 Å². The van der Waals surface area contributed by atoms with Crippen molar-refractivity contribution in [1.82, 2.24) is 10.2 Å². The van der Waals surface area contributed by atoms with Crippen molar-refractivity contribution in [3.63, 3.8) is 0 Å². The fourth-order valence-corrected chi connectivity index (χ4v) is 3.37. The van der Waals surface area contributed by atoms with Crippen molar-refractivity contribution in [3.8, 4) is 11.1 Å². The fourth-order valence-electron chi connectivity index (χ4n) is 3.37. The molecule has 0 bridgehead atoms. The van der Waals surface area contributed by atoms with Crippen LogP contribution in [0.2, 0.25) is 0 Å². The van der Waals surface area contributed by atoms with Gasteiger partial charge in [0.25, 0.3) is 0 Å². The number of nitrogen functional groups attached to an aromatic ring is 1. The van der Waals surface area contributed by atoms with E-state index in [-0.39, 0.29) is 12.2 Å². The molecule has 146 valence electrons. The molecule has 0 fully saturated rings. The number of hydrogen-bond donors (Lipinski definition) is 4. The molecule has 0 radical (unpaired) electrons. The number of hydrogen-bond acceptors (Lipinski definition) is 4. The summed E-state index contributed by atoms with van der Waals surface area (Å²) in [4.78, 5) is 13.2. The molecule has 0 atom stereocenters. The van der Waals surface area contributed by atoms with Crippen LogP contribution in [0.1, 0.15) is 5.56 Å². The largest absolute Gasteiger partial charge is 0.382 e. The third-order valence-corrected chi connectivity index (χ3v) is 4.76. The summed E-state index contributed by atoms with van der Waals surface area (Å²) in [5.74, 6) is -0.167. The number of carbonyl (C=O) groups excluding carboxylic acids is 1. The number of urea groups is 1. The Morgan fingerprint density at radius 2 is 1.86 bits per heavy atom. The number of nitrogens with two attached hydrogens (primary N) is 3. The van der Waals surface area contributed by atoms with E-state index < -0.39 is 11.8 Å². The molecule has 2 amide bonds. The maximum atomic E-state index is 14.4. The van der Waals surface area contributed by atoms with Gasteiger partial charge in [0, 0.05) is 6.54 Å². The average molecular weight is 390 g/mol. The topological polar surface area (TPSA) is 127 Å². The molecule has 0 saturated heterocycles. The molecule has 4 aromatic rings. The number of benzene rings is 3. The Balaban J connectivity index is 1.78. The standard InChI is InChI=1S/C21H19FN6O/c22-16-9-4-12(11-23)10-18(16)28(21(25)29)14-7-5-13(6-8-14)15-2-1-3-17-19(15)20(24)27-26-17/h1-10H,11,23H2,(H2,25,29)(H3,24,26,27). The van der Waals surface area contributed by atoms with Gasteiger partial charge in [0.15, 0.2) is 5.82 Å². The van der Waals surface area contributed by atoms with E-state index in [1.54, 1.807) is 18.2 Å². The van der Waals surface area contributed by atoms with Gasteiger partial charge in [-0.2, -0.15) is 5.10 Å². The quantitative estimate of drug-likeness (QED) is 0.424. The summed E-state index contributed by atoms with van der Waals surface area (Å²) >= 11 is 0. The van der Waals surface area contributed by atoms with Gasteiger partial charge in [-0.3, -0.25) is 10.00 Å². The van der Waals surface area contributed by atoms with Crippen LogP contribution in [0.5, 0.6) is 0 Å². The number of carbonyl (C=O) groups is 1. The highest BCUT2D eigenvalue weighted by molar-refractivity contribution is 6.02. The summed E-state index contributed by atoms with van der Waals surface area (Å²) in [6.07, 6.45) is 0. The number of primary amides is 1. The number of anilines is 3. The first-order chi connectivity index (χ1) is 14.0. The van der Waals surface area contributed by atoms with Crippen LogP contribution >= 0.6 is 0 Å². The molecule has 0 aliphatic heterocycles. The Morgan fingerprint density at radius 1 is 1.10 bits per heavy atom. The van der Waals surface area contributed by atoms with Crippen molar-refractivity contribution in [3.05, 3.63) is 72.0 Å². The van der Waals surface area contributed by atoms with Crippen molar-refractivity contribution >= 4 is 34.1 Å². The number of halogens is 1. The Labute approximate surface area is 165 Å². The first-order valence-electron chi connectivity index (χ1n) is 8.90. The molecule has 29 heavy (non-hydrogen) atoms. The molecule has 1 heterocycles. The number of aromatic nitrogens is 2. The van der Waals surface area contributed by atoms with Crippen LogP contribution in [0.15, 0.2) is 60.7 Å². The highest BCUT2D eigenvalue weighted by Gasteiger charge is 2.20. The zero-order valence-electron chi connectivity index (χ0n) is 15.4. The number of amides is 2. The molecule has 0 spiro atoms. The van der Waals surface area contributed by atoms with Gasteiger partial charge in [-0.1, -0.05) is 30.3 Å². The summed E-state index contributed by atoms with van der Waals surface area (Å²) in [5, 5.41) is 7.75. The maximum absolute atomic E-state index is 14.4. The molecular formula is C21H19FN6O. The zero-order chi connectivity index (χ0) is 20.5. The van der Waals surface area contributed by atoms with Crippen molar-refractivity contribution in [1.29, 1.82) is 0 Å². The summed E-state index contributed by atoms with van der Waals surface area (Å²) in [6.45, 7) is 0.217. The predicted molar refractivity (Wildman–Crippen MR) is 112 cm³/mol. The van der Waals surface area contributed by atoms with E-state index in [2.05, 4.69) is 10.2 Å². The van der Waals surface area contributed by atoms with E-state index in [0.717, 1.165) is 26.9 Å². The van der Waals surface area contributed by atoms with Crippen LogP contribution in [0.4, 0.5) is 26.4 Å². The minimum absolute atomic E-state index is 0.0504. The molecule has 3 aromatic carbocycles. The van der Waals surface area contributed by atoms with Gasteiger partial charge < -0.3 is 17.2 Å². The van der Waals surface area contributed by atoms with E-state index in [1.165, 1.54) is 12.1 Å². The zero-order valence-corrected chi connectivity index (χ0v) is 15.4. The van der Waals surface area contributed by atoms with Crippen LogP contribution in [-0.4, -0.2) is 16.2 Å². The lowest BCUT2D eigenvalue weighted by Gasteiger charge is -2.22. The van der Waals surface area contributed by atoms with Crippen LogP contribution in [0.3, 0.4) is 0 Å². The van der Waals surface area contributed by atoms with E-state index in [9.17, 15) is 9.18 Å². The van der Waals surface area contributed by atoms with Gasteiger partial charge in [0.05, 0.1) is 22.3 Å². The molecule has 0 unspecified atom stereocenters. The molecule has 7 nitrogen and oxygen atoms in total. The Kier molecular flexibility index (Phi) is 4.61. The number of nitrogens with one attached hydrogen (secondary N) is 1. The highest BCUT2D eigenvalue weighted by Crippen LogP contribution is 2.34. The summed E-state index contributed by atoms with van der Waals surface area (Å²) in [6, 6.07) is 16.3. The van der Waals surface area contributed by atoms with Crippen LogP contribution in [0, 0.1) is 5.82 Å². The second-order valence-corrected chi connectivity index (χ2v) is 6.55. The molecule has 0 aliphatic rings. The summed E-state index contributed by atoms with van der Waals surface area (Å²) in [5.41, 5.74) is 20.9. The Morgan fingerprint density at radius 3 is 2.55 bits per heavy atom. The van der Waals surface area contributed by atoms with Crippen LogP contribution in [-0.2, 0) is 6.54 Å². The maximum Gasteiger partial charge on any atom is 0.323 e. The van der Waals surface area contributed by atoms with Gasteiger partial charge in [-0.15, -0.1) is 0 Å². The minimum Gasteiger partial charge on any atom is -0.382 e. The van der Waals surface area contributed by atoms with Crippen LogP contribution in [0.25, 0.3) is 22.0 Å². The van der Waals surface area contributed by atoms with Gasteiger partial charge in [0.2, 0.25) is 0 Å². The van der Waals surface area contributed by atoms with Gasteiger partial charge in [-0.05, 0) is 47.0 Å². The van der Waals surface area contributed by atoms with E-state index in [4.69, 9.17) is 17.2 Å². The normalized spacial score (nSPS) is 11.0. The lowest BCUT2D eigenvalue weighted by atomic mass is 10.0. The van der Waals surface area contributed by atoms with E-state index in [1.807, 2.05) is 30.3 Å².